The fourth-order valence-electron chi connectivity index (χ4n) is 2.75. The first kappa shape index (κ1) is 12.6. The van der Waals surface area contributed by atoms with Crippen molar-refractivity contribution >= 4 is 16.7 Å². The van der Waals surface area contributed by atoms with Gasteiger partial charge in [-0.15, -0.1) is 0 Å². The second kappa shape index (κ2) is 4.30. The van der Waals surface area contributed by atoms with Crippen molar-refractivity contribution in [2.75, 3.05) is 7.11 Å². The lowest BCUT2D eigenvalue weighted by atomic mass is 10.0. The average molecular weight is 271 g/mol. The smallest absolute Gasteiger partial charge is 0.385 e. The molecule has 0 saturated heterocycles. The summed E-state index contributed by atoms with van der Waals surface area (Å²) in [5.41, 5.74) is -0.789. The Bertz CT molecular complexity index is 712. The molecule has 5 heteroatoms. The lowest BCUT2D eigenvalue weighted by Gasteiger charge is -2.08. The zero-order chi connectivity index (χ0) is 14.3. The van der Waals surface area contributed by atoms with Crippen LogP contribution in [-0.4, -0.2) is 23.5 Å². The van der Waals surface area contributed by atoms with E-state index in [2.05, 4.69) is 4.74 Å². The van der Waals surface area contributed by atoms with E-state index >= 15 is 0 Å². The van der Waals surface area contributed by atoms with E-state index in [1.54, 1.807) is 0 Å². The normalized spacial score (nSPS) is 24.4. The Morgan fingerprint density at radius 1 is 1.30 bits per heavy atom. The molecule has 0 N–H and O–H groups in total. The highest BCUT2D eigenvalue weighted by atomic mass is 16.6. The number of methoxy groups -OCH3 is 1. The van der Waals surface area contributed by atoms with Gasteiger partial charge in [-0.2, -0.15) is 0 Å². The standard InChI is InChI=1S/C15H13NO4/c1-20-14(17)15(16(18)19)9-13(15)12-7-6-10-4-2-3-5-11(10)8-12/h2-8,13H,9H2,1H3/t13?,15-/m1/s1. The number of benzene rings is 2. The van der Waals surface area contributed by atoms with Crippen LogP contribution in [0.3, 0.4) is 0 Å². The fraction of sp³-hybridized carbons (Fsp3) is 0.267. The summed E-state index contributed by atoms with van der Waals surface area (Å²) in [6.45, 7) is 0. The van der Waals surface area contributed by atoms with Gasteiger partial charge >= 0.3 is 11.5 Å². The van der Waals surface area contributed by atoms with Crippen LogP contribution in [0.5, 0.6) is 0 Å². The number of hydrogen-bond donors (Lipinski definition) is 0. The second-order valence-corrected chi connectivity index (χ2v) is 5.04. The van der Waals surface area contributed by atoms with Gasteiger partial charge in [0.15, 0.2) is 0 Å². The molecule has 5 nitrogen and oxygen atoms in total. The summed E-state index contributed by atoms with van der Waals surface area (Å²) in [6.07, 6.45) is 0.199. The van der Waals surface area contributed by atoms with Crippen LogP contribution in [0.1, 0.15) is 17.9 Å². The Kier molecular flexibility index (Phi) is 2.71. The van der Waals surface area contributed by atoms with Crippen LogP contribution in [0.2, 0.25) is 0 Å². The van der Waals surface area contributed by atoms with Gasteiger partial charge in [-0.25, -0.2) is 4.79 Å². The largest absolute Gasteiger partial charge is 0.464 e. The first-order valence-corrected chi connectivity index (χ1v) is 6.31. The Morgan fingerprint density at radius 2 is 2.00 bits per heavy atom. The Labute approximate surface area is 115 Å². The van der Waals surface area contributed by atoms with Gasteiger partial charge in [-0.3, -0.25) is 10.1 Å². The molecular weight excluding hydrogens is 258 g/mol. The lowest BCUT2D eigenvalue weighted by molar-refractivity contribution is -0.526. The van der Waals surface area contributed by atoms with Gasteiger partial charge in [0.2, 0.25) is 0 Å². The number of carbonyl (C=O) groups is 1. The van der Waals surface area contributed by atoms with Gasteiger partial charge in [0.1, 0.15) is 0 Å². The van der Waals surface area contributed by atoms with Gasteiger partial charge < -0.3 is 4.74 Å². The van der Waals surface area contributed by atoms with Crippen molar-refractivity contribution in [2.45, 2.75) is 17.9 Å². The molecule has 0 aromatic heterocycles. The maximum atomic E-state index is 11.7. The van der Waals surface area contributed by atoms with Gasteiger partial charge in [0.25, 0.3) is 0 Å². The molecule has 0 bridgehead atoms. The van der Waals surface area contributed by atoms with Crippen molar-refractivity contribution in [3.05, 3.63) is 58.1 Å². The molecule has 1 aliphatic rings. The summed E-state index contributed by atoms with van der Waals surface area (Å²) in [5.74, 6) is -1.17. The van der Waals surface area contributed by atoms with Crippen LogP contribution in [0.25, 0.3) is 10.8 Å². The van der Waals surface area contributed by atoms with Gasteiger partial charge in [-0.1, -0.05) is 42.5 Å². The average Bonchev–Trinajstić information content (AvgIpc) is 3.23. The number of carbonyl (C=O) groups excluding carboxylic acids is 1. The highest BCUT2D eigenvalue weighted by molar-refractivity contribution is 5.87. The second-order valence-electron chi connectivity index (χ2n) is 5.04. The van der Waals surface area contributed by atoms with E-state index in [4.69, 9.17) is 0 Å². The van der Waals surface area contributed by atoms with E-state index in [9.17, 15) is 14.9 Å². The summed E-state index contributed by atoms with van der Waals surface area (Å²) in [7, 11) is 1.18. The topological polar surface area (TPSA) is 69.4 Å². The van der Waals surface area contributed by atoms with Crippen molar-refractivity contribution in [2.24, 2.45) is 0 Å². The predicted molar refractivity (Wildman–Crippen MR) is 73.0 cm³/mol. The summed E-state index contributed by atoms with van der Waals surface area (Å²) in [6, 6.07) is 13.5. The number of esters is 1. The molecule has 2 atom stereocenters. The molecule has 1 aliphatic carbocycles. The zero-order valence-electron chi connectivity index (χ0n) is 10.9. The van der Waals surface area contributed by atoms with E-state index in [-0.39, 0.29) is 6.42 Å². The molecule has 1 fully saturated rings. The molecule has 0 aliphatic heterocycles. The quantitative estimate of drug-likeness (QED) is 0.488. The van der Waals surface area contributed by atoms with Gasteiger partial charge in [0.05, 0.1) is 13.0 Å². The van der Waals surface area contributed by atoms with Crippen LogP contribution < -0.4 is 0 Å². The van der Waals surface area contributed by atoms with Crippen molar-refractivity contribution in [3.8, 4) is 0 Å². The minimum absolute atomic E-state index is 0.199. The molecule has 0 heterocycles. The third-order valence-corrected chi connectivity index (χ3v) is 3.97. The van der Waals surface area contributed by atoms with E-state index in [0.717, 1.165) is 16.3 Å². The van der Waals surface area contributed by atoms with Gasteiger partial charge in [0, 0.05) is 11.3 Å². The molecule has 0 amide bonds. The maximum absolute atomic E-state index is 11.7. The van der Waals surface area contributed by atoms with Crippen LogP contribution in [0.4, 0.5) is 0 Å². The zero-order valence-corrected chi connectivity index (χ0v) is 10.9. The van der Waals surface area contributed by atoms with E-state index in [0.29, 0.717) is 0 Å². The molecule has 2 aromatic carbocycles. The van der Waals surface area contributed by atoms with Crippen molar-refractivity contribution in [1.29, 1.82) is 0 Å². The third kappa shape index (κ3) is 1.66. The highest BCUT2D eigenvalue weighted by Crippen LogP contribution is 2.54. The Morgan fingerprint density at radius 3 is 2.65 bits per heavy atom. The summed E-state index contributed by atoms with van der Waals surface area (Å²) in [5, 5.41) is 13.3. The number of rotatable bonds is 3. The number of nitro groups is 1. The first-order valence-electron chi connectivity index (χ1n) is 6.31. The number of ether oxygens (including phenoxy) is 1. The highest BCUT2D eigenvalue weighted by Gasteiger charge is 2.73. The SMILES string of the molecule is COC(=O)[C@@]1([N+](=O)[O-])CC1c1ccc2ccccc2c1. The summed E-state index contributed by atoms with van der Waals surface area (Å²) in [4.78, 5) is 22.4. The van der Waals surface area contributed by atoms with Crippen molar-refractivity contribution in [3.63, 3.8) is 0 Å². The fourth-order valence-corrected chi connectivity index (χ4v) is 2.75. The summed E-state index contributed by atoms with van der Waals surface area (Å²) >= 11 is 0. The number of nitrogens with zero attached hydrogens (tertiary/aromatic N) is 1. The third-order valence-electron chi connectivity index (χ3n) is 3.97. The van der Waals surface area contributed by atoms with Crippen molar-refractivity contribution < 1.29 is 14.5 Å². The van der Waals surface area contributed by atoms with E-state index in [1.165, 1.54) is 7.11 Å². The monoisotopic (exact) mass is 271 g/mol. The molecule has 0 radical (unpaired) electrons. The van der Waals surface area contributed by atoms with Crippen LogP contribution in [0, 0.1) is 10.1 Å². The minimum atomic E-state index is -1.60. The van der Waals surface area contributed by atoms with E-state index in [1.807, 2.05) is 42.5 Å². The summed E-state index contributed by atoms with van der Waals surface area (Å²) < 4.78 is 4.60. The number of fused-ring (bicyclic) bond motifs is 1. The molecule has 2 aromatic rings. The Hall–Kier alpha value is -2.43. The Balaban J connectivity index is 2.01. The molecule has 1 saturated carbocycles. The first-order chi connectivity index (χ1) is 9.59. The van der Waals surface area contributed by atoms with Crippen LogP contribution in [-0.2, 0) is 9.53 Å². The van der Waals surface area contributed by atoms with Crippen LogP contribution >= 0.6 is 0 Å². The molecule has 20 heavy (non-hydrogen) atoms. The molecule has 3 rings (SSSR count). The molecule has 0 spiro atoms. The maximum Gasteiger partial charge on any atom is 0.385 e. The van der Waals surface area contributed by atoms with Crippen molar-refractivity contribution in [1.82, 2.24) is 0 Å². The number of hydrogen-bond acceptors (Lipinski definition) is 4. The molecule has 102 valence electrons. The van der Waals surface area contributed by atoms with Crippen LogP contribution in [0.15, 0.2) is 42.5 Å². The molecular formula is C15H13NO4. The molecule has 1 unspecified atom stereocenters. The predicted octanol–water partition coefficient (Wildman–Crippen LogP) is 2.52. The van der Waals surface area contributed by atoms with E-state index < -0.39 is 22.3 Å². The van der Waals surface area contributed by atoms with Gasteiger partial charge in [-0.05, 0) is 16.3 Å². The lowest BCUT2D eigenvalue weighted by Crippen LogP contribution is -2.34. The minimum Gasteiger partial charge on any atom is -0.464 e.